The van der Waals surface area contributed by atoms with Crippen molar-refractivity contribution in [2.75, 3.05) is 26.8 Å². The van der Waals surface area contributed by atoms with Gasteiger partial charge in [0.2, 0.25) is 0 Å². The van der Waals surface area contributed by atoms with Crippen molar-refractivity contribution in [3.05, 3.63) is 0 Å². The van der Waals surface area contributed by atoms with Crippen molar-refractivity contribution in [3.63, 3.8) is 0 Å². The second-order valence-electron chi connectivity index (χ2n) is 4.65. The Balaban J connectivity index is 1.84. The third kappa shape index (κ3) is 1.95. The zero-order valence-electron chi connectivity index (χ0n) is 9.11. The van der Waals surface area contributed by atoms with Crippen LogP contribution in [-0.4, -0.2) is 43.8 Å². The van der Waals surface area contributed by atoms with Crippen molar-refractivity contribution in [2.24, 2.45) is 11.7 Å². The predicted molar refractivity (Wildman–Crippen MR) is 57.2 cm³/mol. The molecule has 1 saturated carbocycles. The summed E-state index contributed by atoms with van der Waals surface area (Å²) in [5.74, 6) is 0.753. The molecule has 1 aliphatic heterocycles. The summed E-state index contributed by atoms with van der Waals surface area (Å²) < 4.78 is 5.38. The minimum absolute atomic E-state index is 0.739. The highest BCUT2D eigenvalue weighted by Gasteiger charge is 2.35. The third-order valence-electron chi connectivity index (χ3n) is 3.97. The van der Waals surface area contributed by atoms with E-state index in [1.165, 1.54) is 25.7 Å². The summed E-state index contributed by atoms with van der Waals surface area (Å²) in [4.78, 5) is 2.56. The summed E-state index contributed by atoms with van der Waals surface area (Å²) >= 11 is 0. The van der Waals surface area contributed by atoms with Crippen LogP contribution in [0.4, 0.5) is 0 Å². The van der Waals surface area contributed by atoms with Crippen molar-refractivity contribution in [1.29, 1.82) is 0 Å². The molecule has 0 spiro atoms. The van der Waals surface area contributed by atoms with Gasteiger partial charge in [-0.3, -0.25) is 4.90 Å². The summed E-state index contributed by atoms with van der Waals surface area (Å²) in [5, 5.41) is 0. The molecule has 14 heavy (non-hydrogen) atoms. The van der Waals surface area contributed by atoms with E-state index in [0.29, 0.717) is 0 Å². The van der Waals surface area contributed by atoms with Crippen LogP contribution in [0.3, 0.4) is 0 Å². The summed E-state index contributed by atoms with van der Waals surface area (Å²) in [6, 6.07) is 1.49. The lowest BCUT2D eigenvalue weighted by Crippen LogP contribution is -2.53. The average molecular weight is 198 g/mol. The van der Waals surface area contributed by atoms with Crippen LogP contribution in [0.15, 0.2) is 0 Å². The van der Waals surface area contributed by atoms with E-state index in [2.05, 4.69) is 11.9 Å². The molecule has 2 fully saturated rings. The third-order valence-corrected chi connectivity index (χ3v) is 3.97. The van der Waals surface area contributed by atoms with E-state index in [4.69, 9.17) is 10.5 Å². The van der Waals surface area contributed by atoms with E-state index in [-0.39, 0.29) is 0 Å². The maximum Gasteiger partial charge on any atom is 0.0480 e. The molecule has 0 amide bonds. The summed E-state index contributed by atoms with van der Waals surface area (Å²) in [5.41, 5.74) is 5.74. The lowest BCUT2D eigenvalue weighted by molar-refractivity contribution is -0.00677. The van der Waals surface area contributed by atoms with E-state index in [1.54, 1.807) is 0 Å². The molecule has 1 heterocycles. The van der Waals surface area contributed by atoms with Crippen LogP contribution in [0.1, 0.15) is 25.7 Å². The Labute approximate surface area is 86.6 Å². The Morgan fingerprint density at radius 3 is 2.43 bits per heavy atom. The van der Waals surface area contributed by atoms with Crippen molar-refractivity contribution < 1.29 is 4.74 Å². The number of hydrogen-bond donors (Lipinski definition) is 1. The largest absolute Gasteiger partial charge is 0.381 e. The maximum absolute atomic E-state index is 5.74. The molecular formula is C11H22N2O. The quantitative estimate of drug-likeness (QED) is 0.730. The SMILES string of the molecule is CN(C1CCOCC1)C1CCC1CN. The normalized spacial score (nSPS) is 34.5. The molecule has 1 aliphatic carbocycles. The first-order valence-electron chi connectivity index (χ1n) is 5.82. The molecular weight excluding hydrogens is 176 g/mol. The Kier molecular flexibility index (Phi) is 3.42. The summed E-state index contributed by atoms with van der Waals surface area (Å²) in [7, 11) is 2.27. The first-order chi connectivity index (χ1) is 6.83. The van der Waals surface area contributed by atoms with Gasteiger partial charge in [0.25, 0.3) is 0 Å². The van der Waals surface area contributed by atoms with Crippen LogP contribution in [-0.2, 0) is 4.74 Å². The molecule has 2 unspecified atom stereocenters. The van der Waals surface area contributed by atoms with Crippen LogP contribution < -0.4 is 5.73 Å². The molecule has 82 valence electrons. The van der Waals surface area contributed by atoms with Gasteiger partial charge >= 0.3 is 0 Å². The lowest BCUT2D eigenvalue weighted by atomic mass is 9.78. The van der Waals surface area contributed by atoms with E-state index in [9.17, 15) is 0 Å². The molecule has 3 heteroatoms. The fourth-order valence-corrected chi connectivity index (χ4v) is 2.73. The van der Waals surface area contributed by atoms with Gasteiger partial charge in [-0.25, -0.2) is 0 Å². The van der Waals surface area contributed by atoms with E-state index in [1.807, 2.05) is 0 Å². The number of nitrogens with zero attached hydrogens (tertiary/aromatic N) is 1. The van der Waals surface area contributed by atoms with Gasteiger partial charge in [0, 0.05) is 25.3 Å². The molecule has 2 aliphatic rings. The van der Waals surface area contributed by atoms with E-state index in [0.717, 1.165) is 37.8 Å². The molecule has 0 aromatic rings. The molecule has 0 aromatic carbocycles. The number of hydrogen-bond acceptors (Lipinski definition) is 3. The van der Waals surface area contributed by atoms with Gasteiger partial charge < -0.3 is 10.5 Å². The van der Waals surface area contributed by atoms with Gasteiger partial charge in [-0.1, -0.05) is 0 Å². The van der Waals surface area contributed by atoms with Crippen LogP contribution >= 0.6 is 0 Å². The van der Waals surface area contributed by atoms with Crippen LogP contribution in [0.2, 0.25) is 0 Å². The zero-order valence-corrected chi connectivity index (χ0v) is 9.11. The number of nitrogens with two attached hydrogens (primary N) is 1. The smallest absolute Gasteiger partial charge is 0.0480 e. The Bertz CT molecular complexity index is 176. The highest BCUT2D eigenvalue weighted by Crippen LogP contribution is 2.33. The highest BCUT2D eigenvalue weighted by molar-refractivity contribution is 4.91. The van der Waals surface area contributed by atoms with Crippen molar-refractivity contribution in [1.82, 2.24) is 4.90 Å². The van der Waals surface area contributed by atoms with Crippen molar-refractivity contribution in [2.45, 2.75) is 37.8 Å². The first-order valence-corrected chi connectivity index (χ1v) is 5.82. The number of rotatable bonds is 3. The number of ether oxygens (including phenoxy) is 1. The summed E-state index contributed by atoms with van der Waals surface area (Å²) in [6.45, 7) is 2.74. The predicted octanol–water partition coefficient (Wildman–Crippen LogP) is 0.835. The van der Waals surface area contributed by atoms with Gasteiger partial charge in [0.05, 0.1) is 0 Å². The summed E-state index contributed by atoms with van der Waals surface area (Å²) in [6.07, 6.45) is 5.07. The first kappa shape index (κ1) is 10.4. The fourth-order valence-electron chi connectivity index (χ4n) is 2.73. The minimum Gasteiger partial charge on any atom is -0.381 e. The van der Waals surface area contributed by atoms with Crippen LogP contribution in [0.25, 0.3) is 0 Å². The van der Waals surface area contributed by atoms with Crippen LogP contribution in [0.5, 0.6) is 0 Å². The zero-order chi connectivity index (χ0) is 9.97. The lowest BCUT2D eigenvalue weighted by Gasteiger charge is -2.46. The Hall–Kier alpha value is -0.120. The monoisotopic (exact) mass is 198 g/mol. The molecule has 3 nitrogen and oxygen atoms in total. The van der Waals surface area contributed by atoms with E-state index < -0.39 is 0 Å². The topological polar surface area (TPSA) is 38.5 Å². The van der Waals surface area contributed by atoms with Crippen molar-refractivity contribution >= 4 is 0 Å². The van der Waals surface area contributed by atoms with Gasteiger partial charge in [0.1, 0.15) is 0 Å². The highest BCUT2D eigenvalue weighted by atomic mass is 16.5. The van der Waals surface area contributed by atoms with Gasteiger partial charge in [-0.2, -0.15) is 0 Å². The van der Waals surface area contributed by atoms with Gasteiger partial charge in [-0.05, 0) is 45.2 Å². The average Bonchev–Trinajstić information content (AvgIpc) is 2.18. The molecule has 2 atom stereocenters. The van der Waals surface area contributed by atoms with Gasteiger partial charge in [0.15, 0.2) is 0 Å². The molecule has 1 saturated heterocycles. The molecule has 2 N–H and O–H groups in total. The standard InChI is InChI=1S/C11H22N2O/c1-13(10-4-6-14-7-5-10)11-3-2-9(11)8-12/h9-11H,2-8,12H2,1H3. The Morgan fingerprint density at radius 1 is 1.21 bits per heavy atom. The molecule has 0 radical (unpaired) electrons. The second-order valence-corrected chi connectivity index (χ2v) is 4.65. The van der Waals surface area contributed by atoms with E-state index >= 15 is 0 Å². The van der Waals surface area contributed by atoms with Crippen molar-refractivity contribution in [3.8, 4) is 0 Å². The Morgan fingerprint density at radius 2 is 1.93 bits per heavy atom. The van der Waals surface area contributed by atoms with Gasteiger partial charge in [-0.15, -0.1) is 0 Å². The maximum atomic E-state index is 5.74. The molecule has 2 rings (SSSR count). The molecule has 0 aromatic heterocycles. The second kappa shape index (κ2) is 4.60. The minimum atomic E-state index is 0.739. The molecule has 0 bridgehead atoms. The fraction of sp³-hybridized carbons (Fsp3) is 1.00. The van der Waals surface area contributed by atoms with Crippen LogP contribution in [0, 0.1) is 5.92 Å².